The monoisotopic (exact) mass is 268 g/mol. The molecule has 1 aromatic rings. The smallest absolute Gasteiger partial charge is 0.329 e. The summed E-state index contributed by atoms with van der Waals surface area (Å²) < 4.78 is 1.28. The third-order valence-corrected chi connectivity index (χ3v) is 4.22. The molecular weight excluding hydrogens is 256 g/mol. The van der Waals surface area contributed by atoms with E-state index >= 15 is 0 Å². The molecule has 18 heavy (non-hydrogen) atoms. The summed E-state index contributed by atoms with van der Waals surface area (Å²) >= 11 is 1.23. The van der Waals surface area contributed by atoms with Crippen LogP contribution in [0.2, 0.25) is 0 Å². The Labute approximate surface area is 106 Å². The number of aromatic nitrogens is 2. The minimum absolute atomic E-state index is 0.217. The van der Waals surface area contributed by atoms with E-state index in [1.807, 2.05) is 0 Å². The molecule has 0 aromatic carbocycles. The van der Waals surface area contributed by atoms with Gasteiger partial charge < -0.3 is 10.2 Å². The van der Waals surface area contributed by atoms with Crippen LogP contribution >= 0.6 is 11.8 Å². The van der Waals surface area contributed by atoms with Crippen LogP contribution in [0, 0.1) is 0 Å². The van der Waals surface area contributed by atoms with Gasteiger partial charge in [-0.05, 0) is 0 Å². The fourth-order valence-corrected chi connectivity index (χ4v) is 3.20. The minimum atomic E-state index is -0.902. The molecule has 1 fully saturated rings. The molecule has 0 radical (unpaired) electrons. The molecule has 0 spiro atoms. The molecule has 1 aromatic heterocycles. The lowest BCUT2D eigenvalue weighted by atomic mass is 10.1. The normalized spacial score (nSPS) is 27.2. The highest BCUT2D eigenvalue weighted by atomic mass is 32.2. The largest absolute Gasteiger partial charge is 0.395 e. The molecule has 0 aliphatic carbocycles. The van der Waals surface area contributed by atoms with Gasteiger partial charge in [0.15, 0.2) is 0 Å². The van der Waals surface area contributed by atoms with Crippen molar-refractivity contribution >= 4 is 11.8 Å². The van der Waals surface area contributed by atoms with Gasteiger partial charge in [0, 0.05) is 17.8 Å². The summed E-state index contributed by atoms with van der Waals surface area (Å²) in [5.41, 5.74) is 1.97. The number of nitrogens with zero attached hydrogens (tertiary/aromatic N) is 1. The van der Waals surface area contributed by atoms with Crippen LogP contribution in [0.1, 0.15) is 5.37 Å². The summed E-state index contributed by atoms with van der Waals surface area (Å²) in [7, 11) is 0. The van der Waals surface area contributed by atoms with Crippen molar-refractivity contribution in [3.63, 3.8) is 0 Å². The second kappa shape index (κ2) is 4.99. The Bertz CT molecular complexity index is 614. The molecule has 0 bridgehead atoms. The number of nitrogens with one attached hydrogen (secondary N) is 1. The van der Waals surface area contributed by atoms with Crippen LogP contribution in [0.25, 0.3) is 0 Å². The first-order chi connectivity index (χ1) is 8.58. The number of aromatic amines is 1. The summed E-state index contributed by atoms with van der Waals surface area (Å²) in [6.45, 7) is 3.26. The molecular formula is C11H12N2O4S. The van der Waals surface area contributed by atoms with Crippen molar-refractivity contribution in [3.8, 4) is 0 Å². The summed E-state index contributed by atoms with van der Waals surface area (Å²) in [5, 5.41) is 18.1. The van der Waals surface area contributed by atoms with E-state index < -0.39 is 28.0 Å². The van der Waals surface area contributed by atoms with Crippen LogP contribution in [0.4, 0.5) is 0 Å². The van der Waals surface area contributed by atoms with E-state index in [9.17, 15) is 14.7 Å². The van der Waals surface area contributed by atoms with E-state index in [4.69, 9.17) is 5.11 Å². The zero-order valence-electron chi connectivity index (χ0n) is 9.37. The van der Waals surface area contributed by atoms with Gasteiger partial charge >= 0.3 is 5.69 Å². The van der Waals surface area contributed by atoms with Gasteiger partial charge in [0.2, 0.25) is 0 Å². The lowest BCUT2D eigenvalue weighted by Crippen LogP contribution is -2.30. The lowest BCUT2D eigenvalue weighted by Gasteiger charge is -2.13. The Balaban J connectivity index is 2.48. The van der Waals surface area contributed by atoms with Crippen LogP contribution in [-0.2, 0) is 0 Å². The average Bonchev–Trinajstić information content (AvgIpc) is 2.65. The van der Waals surface area contributed by atoms with Crippen molar-refractivity contribution in [1.29, 1.82) is 0 Å². The van der Waals surface area contributed by atoms with Crippen LogP contribution in [-0.4, -0.2) is 37.7 Å². The van der Waals surface area contributed by atoms with Gasteiger partial charge in [-0.1, -0.05) is 6.58 Å². The van der Waals surface area contributed by atoms with Gasteiger partial charge in [0.1, 0.15) is 5.37 Å². The van der Waals surface area contributed by atoms with E-state index in [0.717, 1.165) is 0 Å². The quantitative estimate of drug-likeness (QED) is 0.611. The molecule has 3 N–H and O–H groups in total. The molecule has 0 amide bonds. The molecule has 2 heterocycles. The SMILES string of the molecule is C=C=C1[C@H](n2ccc(=O)[nH]c2=O)S[C@H](CO)[C@H]1O. The van der Waals surface area contributed by atoms with Gasteiger partial charge in [0.05, 0.1) is 18.0 Å². The second-order valence-electron chi connectivity index (χ2n) is 3.80. The van der Waals surface area contributed by atoms with Crippen molar-refractivity contribution in [2.45, 2.75) is 16.7 Å². The maximum atomic E-state index is 11.7. The van der Waals surface area contributed by atoms with Crippen LogP contribution in [0.5, 0.6) is 0 Å². The number of H-pyrrole nitrogens is 1. The zero-order valence-corrected chi connectivity index (χ0v) is 10.2. The lowest BCUT2D eigenvalue weighted by molar-refractivity contribution is 0.171. The topological polar surface area (TPSA) is 95.3 Å². The molecule has 1 aliphatic heterocycles. The fraction of sp³-hybridized carbons (Fsp3) is 0.364. The summed E-state index contributed by atoms with van der Waals surface area (Å²) in [4.78, 5) is 24.8. The van der Waals surface area contributed by atoms with Crippen molar-refractivity contribution in [2.24, 2.45) is 0 Å². The predicted octanol–water partition coefficient (Wildman–Crippen LogP) is -0.785. The maximum absolute atomic E-state index is 11.7. The van der Waals surface area contributed by atoms with E-state index in [2.05, 4.69) is 17.3 Å². The molecule has 3 atom stereocenters. The van der Waals surface area contributed by atoms with E-state index in [1.54, 1.807) is 0 Å². The van der Waals surface area contributed by atoms with Crippen molar-refractivity contribution < 1.29 is 10.2 Å². The predicted molar refractivity (Wildman–Crippen MR) is 67.5 cm³/mol. The Kier molecular flexibility index (Phi) is 3.58. The third-order valence-electron chi connectivity index (χ3n) is 2.73. The molecule has 6 nitrogen and oxygen atoms in total. The molecule has 1 aliphatic rings. The number of hydrogen-bond acceptors (Lipinski definition) is 5. The van der Waals surface area contributed by atoms with Gasteiger partial charge in [-0.3, -0.25) is 14.3 Å². The summed E-state index contributed by atoms with van der Waals surface area (Å²) in [6, 6.07) is 1.22. The first-order valence-corrected chi connectivity index (χ1v) is 6.18. The molecule has 1 saturated heterocycles. The first-order valence-electron chi connectivity index (χ1n) is 5.24. The van der Waals surface area contributed by atoms with Crippen LogP contribution in [0.3, 0.4) is 0 Å². The van der Waals surface area contributed by atoms with Crippen molar-refractivity contribution in [3.05, 3.63) is 51.0 Å². The Morgan fingerprint density at radius 1 is 1.56 bits per heavy atom. The molecule has 96 valence electrons. The summed E-state index contributed by atoms with van der Waals surface area (Å²) in [6.07, 6.45) is 0.448. The molecule has 0 unspecified atom stereocenters. The highest BCUT2D eigenvalue weighted by Gasteiger charge is 2.39. The molecule has 7 heteroatoms. The van der Waals surface area contributed by atoms with E-state index in [-0.39, 0.29) is 6.61 Å². The standard InChI is InChI=1S/C11H12N2O4S/c1-2-6-9(16)7(5-14)18-10(6)13-4-3-8(15)12-11(13)17/h3-4,7,9-10,14,16H,1,5H2,(H,12,15,17)/t7-,9+,10-/m1/s1. The van der Waals surface area contributed by atoms with Gasteiger partial charge in [-0.25, -0.2) is 4.79 Å². The summed E-state index contributed by atoms with van der Waals surface area (Å²) in [5.74, 6) is 0. The van der Waals surface area contributed by atoms with Crippen LogP contribution < -0.4 is 11.2 Å². The van der Waals surface area contributed by atoms with E-state index in [0.29, 0.717) is 5.57 Å². The average molecular weight is 268 g/mol. The number of aliphatic hydroxyl groups is 2. The van der Waals surface area contributed by atoms with Gasteiger partial charge in [-0.15, -0.1) is 17.5 Å². The molecule has 0 saturated carbocycles. The first kappa shape index (κ1) is 12.9. The number of rotatable bonds is 2. The number of aliphatic hydroxyl groups excluding tert-OH is 2. The number of thioether (sulfide) groups is 1. The van der Waals surface area contributed by atoms with Gasteiger partial charge in [0.25, 0.3) is 5.56 Å². The second-order valence-corrected chi connectivity index (χ2v) is 5.13. The molecule has 2 rings (SSSR count). The van der Waals surface area contributed by atoms with Crippen molar-refractivity contribution in [2.75, 3.05) is 6.61 Å². The highest BCUT2D eigenvalue weighted by molar-refractivity contribution is 8.00. The van der Waals surface area contributed by atoms with Crippen molar-refractivity contribution in [1.82, 2.24) is 9.55 Å². The van der Waals surface area contributed by atoms with Crippen LogP contribution in [0.15, 0.2) is 39.7 Å². The van der Waals surface area contributed by atoms with Gasteiger partial charge in [-0.2, -0.15) is 0 Å². The Morgan fingerprint density at radius 3 is 2.83 bits per heavy atom. The Morgan fingerprint density at radius 2 is 2.28 bits per heavy atom. The fourth-order valence-electron chi connectivity index (χ4n) is 1.82. The highest BCUT2D eigenvalue weighted by Crippen LogP contribution is 2.44. The minimum Gasteiger partial charge on any atom is -0.395 e. The maximum Gasteiger partial charge on any atom is 0.329 e. The van der Waals surface area contributed by atoms with E-state index in [1.165, 1.54) is 28.6 Å². The zero-order chi connectivity index (χ0) is 13.3. The Hall–Kier alpha value is -1.53. The number of hydrogen-bond donors (Lipinski definition) is 3. The third kappa shape index (κ3) is 2.09.